The number of allylic oxidation sites excluding steroid dienone is 1. The lowest BCUT2D eigenvalue weighted by Gasteiger charge is -2.50. The van der Waals surface area contributed by atoms with Gasteiger partial charge in [-0.05, 0) is 19.8 Å². The average molecular weight is 531 g/mol. The predicted molar refractivity (Wildman–Crippen MR) is 138 cm³/mol. The number of ether oxygens (including phenoxy) is 1. The number of aliphatic carboxylic acids is 1. The van der Waals surface area contributed by atoms with Gasteiger partial charge >= 0.3 is 12.1 Å². The first-order valence-corrected chi connectivity index (χ1v) is 13.2. The highest BCUT2D eigenvalue weighted by Gasteiger charge is 2.66. The van der Waals surface area contributed by atoms with Crippen LogP contribution in [0.15, 0.2) is 48.4 Å². The number of thioether (sulfide) groups is 1. The summed E-state index contributed by atoms with van der Waals surface area (Å²) in [4.78, 5) is 46.1. The van der Waals surface area contributed by atoms with Crippen LogP contribution >= 0.6 is 11.8 Å². The zero-order valence-electron chi connectivity index (χ0n) is 21.4. The average Bonchev–Trinajstić information content (AvgIpc) is 3.48. The molecule has 1 aromatic rings. The minimum Gasteiger partial charge on any atom is -0.477 e. The smallest absolute Gasteiger partial charge is 0.410 e. The molecule has 2 fully saturated rings. The second-order valence-corrected chi connectivity index (χ2v) is 11.5. The number of hydrogen-bond acceptors (Lipinski definition) is 7. The van der Waals surface area contributed by atoms with Gasteiger partial charge in [0, 0.05) is 53.5 Å². The Morgan fingerprint density at radius 3 is 2.68 bits per heavy atom. The molecule has 6 atom stereocenters. The van der Waals surface area contributed by atoms with Crippen LogP contribution < -0.4 is 0 Å². The van der Waals surface area contributed by atoms with Gasteiger partial charge in [0.2, 0.25) is 5.91 Å². The number of likely N-dealkylation sites (tertiary alicyclic amines) is 1. The zero-order valence-corrected chi connectivity index (χ0v) is 22.2. The topological polar surface area (TPSA) is 125 Å². The molecule has 4 heterocycles. The molecule has 1 aromatic heterocycles. The number of rotatable bonds is 10. The number of aliphatic hydroxyl groups excluding tert-OH is 1. The van der Waals surface area contributed by atoms with Gasteiger partial charge < -0.3 is 29.3 Å². The summed E-state index contributed by atoms with van der Waals surface area (Å²) in [5.41, 5.74) is 0.218. The summed E-state index contributed by atoms with van der Waals surface area (Å²) >= 11 is 1.41. The highest BCUT2D eigenvalue weighted by molar-refractivity contribution is 8.03. The van der Waals surface area contributed by atoms with Crippen molar-refractivity contribution >= 4 is 29.7 Å². The summed E-state index contributed by atoms with van der Waals surface area (Å²) in [6.07, 6.45) is 6.99. The van der Waals surface area contributed by atoms with Crippen LogP contribution in [0.25, 0.3) is 0 Å². The second-order valence-electron chi connectivity index (χ2n) is 10.2. The van der Waals surface area contributed by atoms with E-state index in [9.17, 15) is 24.6 Å². The van der Waals surface area contributed by atoms with E-state index in [1.807, 2.05) is 18.5 Å². The molecule has 2 amide bonds. The van der Waals surface area contributed by atoms with E-state index in [2.05, 4.69) is 18.1 Å². The number of imidazole rings is 1. The maximum atomic E-state index is 12.9. The standard InChI is InChI=1S/C26H34N4O6S/c1-6-8-26(4)21-19(15(3)31)23(32)30(21)20(24(33)34)22(26)37-18-11-16(10-17-12-27-14-28(17)5)29(13-18)25(35)36-9-7-2/h6-7,12,14-16,18-19,21,31H,1-2,8-11,13H2,3-5H3,(H,33,34)/t15-,16-,18+,19-,21+,26-/m1/s1. The van der Waals surface area contributed by atoms with E-state index in [-0.39, 0.29) is 29.5 Å². The van der Waals surface area contributed by atoms with Crippen molar-refractivity contribution in [3.8, 4) is 0 Å². The number of β-lactam (4-membered cyclic amide) rings is 1. The summed E-state index contributed by atoms with van der Waals surface area (Å²) < 4.78 is 7.25. The van der Waals surface area contributed by atoms with Crippen LogP contribution in [0.4, 0.5) is 4.79 Å². The van der Waals surface area contributed by atoms with Crippen molar-refractivity contribution in [2.45, 2.75) is 56.5 Å². The molecule has 0 saturated carbocycles. The maximum absolute atomic E-state index is 12.9. The summed E-state index contributed by atoms with van der Waals surface area (Å²) in [5.74, 6) is -2.23. The summed E-state index contributed by atoms with van der Waals surface area (Å²) in [6, 6.07) is -0.637. The van der Waals surface area contributed by atoms with Crippen molar-refractivity contribution in [2.75, 3.05) is 13.2 Å². The molecule has 0 unspecified atom stereocenters. The second kappa shape index (κ2) is 10.4. The molecule has 0 radical (unpaired) electrons. The molecule has 3 aliphatic rings. The van der Waals surface area contributed by atoms with E-state index in [0.717, 1.165) is 5.69 Å². The fourth-order valence-corrected chi connectivity index (χ4v) is 7.57. The van der Waals surface area contributed by atoms with Gasteiger partial charge in [-0.15, -0.1) is 18.3 Å². The van der Waals surface area contributed by atoms with E-state index in [1.165, 1.54) is 22.7 Å². The number of aryl methyl sites for hydroxylation is 1. The largest absolute Gasteiger partial charge is 0.477 e. The molecule has 0 bridgehead atoms. The summed E-state index contributed by atoms with van der Waals surface area (Å²) in [6.45, 7) is 11.4. The number of carbonyl (C=O) groups excluding carboxylic acids is 2. The fourth-order valence-electron chi connectivity index (χ4n) is 5.91. The minimum atomic E-state index is -1.18. The molecule has 10 nitrogen and oxygen atoms in total. The highest BCUT2D eigenvalue weighted by atomic mass is 32.2. The fraction of sp³-hybridized carbons (Fsp3) is 0.538. The molecule has 11 heteroatoms. The first-order valence-electron chi connectivity index (χ1n) is 12.3. The SMILES string of the molecule is C=CCOC(=O)N1C[C@@H](SC2=C(C(=O)O)N3C(=O)[C@H]([C@@H](C)O)[C@H]3[C@@]2(C)CC=C)C[C@H]1Cc1cncn1C. The Kier molecular flexibility index (Phi) is 7.57. The van der Waals surface area contributed by atoms with E-state index in [1.54, 1.807) is 30.4 Å². The van der Waals surface area contributed by atoms with Crippen molar-refractivity contribution in [2.24, 2.45) is 18.4 Å². The van der Waals surface area contributed by atoms with Crippen molar-refractivity contribution in [3.63, 3.8) is 0 Å². The van der Waals surface area contributed by atoms with Crippen LogP contribution in [-0.4, -0.2) is 84.1 Å². The van der Waals surface area contributed by atoms with Crippen LogP contribution in [-0.2, 0) is 27.8 Å². The van der Waals surface area contributed by atoms with Gasteiger partial charge in [-0.25, -0.2) is 14.6 Å². The number of carbonyl (C=O) groups is 3. The molecule has 2 saturated heterocycles. The lowest BCUT2D eigenvalue weighted by molar-refractivity contribution is -0.166. The van der Waals surface area contributed by atoms with Gasteiger partial charge in [-0.1, -0.05) is 25.7 Å². The molecule has 2 N–H and O–H groups in total. The quantitative estimate of drug-likeness (QED) is 0.349. The van der Waals surface area contributed by atoms with Crippen LogP contribution in [0, 0.1) is 11.3 Å². The van der Waals surface area contributed by atoms with Crippen LogP contribution in [0.3, 0.4) is 0 Å². The molecule has 37 heavy (non-hydrogen) atoms. The van der Waals surface area contributed by atoms with Gasteiger partial charge in [0.1, 0.15) is 12.3 Å². The first kappa shape index (κ1) is 27.0. The Hall–Kier alpha value is -3.05. The molecule has 3 aliphatic heterocycles. The summed E-state index contributed by atoms with van der Waals surface area (Å²) in [5, 5.41) is 20.3. The van der Waals surface area contributed by atoms with Crippen molar-refractivity contribution in [1.82, 2.24) is 19.4 Å². The van der Waals surface area contributed by atoms with Crippen molar-refractivity contribution < 1.29 is 29.3 Å². The molecule has 0 aromatic carbocycles. The third kappa shape index (κ3) is 4.59. The van der Waals surface area contributed by atoms with Crippen LogP contribution in [0.1, 0.15) is 32.4 Å². The molecule has 200 valence electrons. The Bertz CT molecular complexity index is 1150. The van der Waals surface area contributed by atoms with E-state index < -0.39 is 35.5 Å². The van der Waals surface area contributed by atoms with Crippen molar-refractivity contribution in [3.05, 3.63) is 54.1 Å². The number of aliphatic hydroxyl groups is 1. The van der Waals surface area contributed by atoms with E-state index in [0.29, 0.717) is 30.7 Å². The number of hydrogen-bond donors (Lipinski definition) is 2. The van der Waals surface area contributed by atoms with Gasteiger partial charge in [-0.3, -0.25) is 4.79 Å². The summed E-state index contributed by atoms with van der Waals surface area (Å²) in [7, 11) is 1.90. The minimum absolute atomic E-state index is 0.0304. The third-order valence-corrected chi connectivity index (χ3v) is 9.21. The number of amides is 2. The molecule has 0 aliphatic carbocycles. The molecule has 0 spiro atoms. The number of carboxylic acid groups (broad SMARTS) is 1. The van der Waals surface area contributed by atoms with Crippen LogP contribution in [0.2, 0.25) is 0 Å². The first-order chi connectivity index (χ1) is 17.5. The van der Waals surface area contributed by atoms with Gasteiger partial charge in [0.25, 0.3) is 0 Å². The maximum Gasteiger partial charge on any atom is 0.410 e. The lowest BCUT2D eigenvalue weighted by atomic mass is 9.68. The monoisotopic (exact) mass is 530 g/mol. The Morgan fingerprint density at radius 2 is 2.11 bits per heavy atom. The van der Waals surface area contributed by atoms with Crippen LogP contribution in [0.5, 0.6) is 0 Å². The normalized spacial score (nSPS) is 29.7. The van der Waals surface area contributed by atoms with E-state index >= 15 is 0 Å². The Balaban J connectivity index is 1.65. The van der Waals surface area contributed by atoms with E-state index in [4.69, 9.17) is 4.74 Å². The number of carboxylic acids is 1. The number of aromatic nitrogens is 2. The van der Waals surface area contributed by atoms with Gasteiger partial charge in [0.05, 0.1) is 24.4 Å². The van der Waals surface area contributed by atoms with Gasteiger partial charge in [-0.2, -0.15) is 0 Å². The highest BCUT2D eigenvalue weighted by Crippen LogP contribution is 2.60. The van der Waals surface area contributed by atoms with Gasteiger partial charge in [0.15, 0.2) is 0 Å². The Labute approximate surface area is 220 Å². The molecule has 4 rings (SSSR count). The molecular weight excluding hydrogens is 496 g/mol. The number of fused-ring (bicyclic) bond motifs is 1. The lowest BCUT2D eigenvalue weighted by Crippen LogP contribution is -2.66. The zero-order chi connectivity index (χ0) is 27.1. The van der Waals surface area contributed by atoms with Crippen molar-refractivity contribution in [1.29, 1.82) is 0 Å². The predicted octanol–water partition coefficient (Wildman–Crippen LogP) is 2.56. The Morgan fingerprint density at radius 1 is 1.38 bits per heavy atom. The molecular formula is C26H34N4O6S. The third-order valence-electron chi connectivity index (χ3n) is 7.64. The number of nitrogens with zero attached hydrogens (tertiary/aromatic N) is 4.